The van der Waals surface area contributed by atoms with Crippen LogP contribution < -0.4 is 10.2 Å². The van der Waals surface area contributed by atoms with E-state index >= 15 is 0 Å². The zero-order valence-electron chi connectivity index (χ0n) is 10.5. The average molecular weight is 220 g/mol. The lowest BCUT2D eigenvalue weighted by Crippen LogP contribution is -2.27. The Hall–Kier alpha value is -1.47. The summed E-state index contributed by atoms with van der Waals surface area (Å²) in [5.74, 6) is 3.67. The topological polar surface area (TPSA) is 33.1 Å². The van der Waals surface area contributed by atoms with Crippen molar-refractivity contribution in [3.63, 3.8) is 0 Å². The summed E-state index contributed by atoms with van der Waals surface area (Å²) in [6, 6.07) is 0.137. The lowest BCUT2D eigenvalue weighted by Gasteiger charge is -2.14. The second-order valence-electron chi connectivity index (χ2n) is 4.01. The van der Waals surface area contributed by atoms with Gasteiger partial charge in [0.25, 0.3) is 0 Å². The Morgan fingerprint density at radius 2 is 2.31 bits per heavy atom. The van der Waals surface area contributed by atoms with Gasteiger partial charge in [0.1, 0.15) is 0 Å². The second-order valence-corrected chi connectivity index (χ2v) is 4.01. The van der Waals surface area contributed by atoms with Crippen molar-refractivity contribution in [1.29, 1.82) is 0 Å². The van der Waals surface area contributed by atoms with Crippen molar-refractivity contribution in [3.8, 4) is 12.3 Å². The van der Waals surface area contributed by atoms with Crippen molar-refractivity contribution >= 4 is 5.95 Å². The minimum absolute atomic E-state index is 0.137. The molecule has 1 atom stereocenters. The molecule has 1 rings (SSSR count). The van der Waals surface area contributed by atoms with E-state index in [1.54, 1.807) is 0 Å². The minimum Gasteiger partial charge on any atom is -0.348 e. The summed E-state index contributed by atoms with van der Waals surface area (Å²) in [6.45, 7) is 2.83. The third-order valence-corrected chi connectivity index (χ3v) is 2.60. The summed E-state index contributed by atoms with van der Waals surface area (Å²) in [6.07, 6.45) is 8.22. The van der Waals surface area contributed by atoms with Crippen LogP contribution in [-0.4, -0.2) is 29.7 Å². The zero-order chi connectivity index (χ0) is 12.1. The van der Waals surface area contributed by atoms with Gasteiger partial charge in [-0.15, -0.1) is 6.42 Å². The van der Waals surface area contributed by atoms with E-state index in [1.165, 1.54) is 0 Å². The first kappa shape index (κ1) is 12.6. The molecule has 0 radical (unpaired) electrons. The molecule has 4 heteroatoms. The number of nitrogens with one attached hydrogen (secondary N) is 1. The Bertz CT molecular complexity index is 373. The van der Waals surface area contributed by atoms with Crippen LogP contribution in [0.25, 0.3) is 0 Å². The molecule has 1 unspecified atom stereocenters. The molecule has 0 aliphatic rings. The maximum Gasteiger partial charge on any atom is 0.204 e. The Labute approximate surface area is 97.7 Å². The SMILES string of the molecule is C#CC(CC)NCc1cnc(N(C)C)n1C. The highest BCUT2D eigenvalue weighted by atomic mass is 15.3. The lowest BCUT2D eigenvalue weighted by molar-refractivity contribution is 0.575. The minimum atomic E-state index is 0.137. The van der Waals surface area contributed by atoms with Gasteiger partial charge in [-0.05, 0) is 6.42 Å². The van der Waals surface area contributed by atoms with Crippen LogP contribution in [0.4, 0.5) is 5.95 Å². The number of hydrogen-bond donors (Lipinski definition) is 1. The standard InChI is InChI=1S/C12H20N4/c1-6-10(7-2)13-8-11-9-14-12(15(3)4)16(11)5/h1,9-10,13H,7-8H2,2-5H3. The number of imidazole rings is 1. The summed E-state index contributed by atoms with van der Waals surface area (Å²) in [7, 11) is 5.97. The van der Waals surface area contributed by atoms with Crippen molar-refractivity contribution in [3.05, 3.63) is 11.9 Å². The largest absolute Gasteiger partial charge is 0.348 e. The molecular weight excluding hydrogens is 200 g/mol. The van der Waals surface area contributed by atoms with Crippen molar-refractivity contribution in [2.24, 2.45) is 7.05 Å². The molecule has 16 heavy (non-hydrogen) atoms. The van der Waals surface area contributed by atoms with Crippen LogP contribution in [0.1, 0.15) is 19.0 Å². The van der Waals surface area contributed by atoms with E-state index in [0.717, 1.165) is 24.6 Å². The van der Waals surface area contributed by atoms with Crippen LogP contribution in [-0.2, 0) is 13.6 Å². The van der Waals surface area contributed by atoms with Gasteiger partial charge in [-0.3, -0.25) is 5.32 Å². The third kappa shape index (κ3) is 2.77. The summed E-state index contributed by atoms with van der Waals surface area (Å²) in [5.41, 5.74) is 1.14. The number of hydrogen-bond acceptors (Lipinski definition) is 3. The number of aromatic nitrogens is 2. The molecule has 0 aliphatic carbocycles. The zero-order valence-corrected chi connectivity index (χ0v) is 10.5. The maximum absolute atomic E-state index is 5.40. The van der Waals surface area contributed by atoms with Gasteiger partial charge in [-0.1, -0.05) is 12.8 Å². The summed E-state index contributed by atoms with van der Waals surface area (Å²) in [4.78, 5) is 6.33. The highest BCUT2D eigenvalue weighted by Crippen LogP contribution is 2.10. The number of terminal acetylenes is 1. The Kier molecular flexibility index (Phi) is 4.39. The fourth-order valence-electron chi connectivity index (χ4n) is 1.56. The van der Waals surface area contributed by atoms with Gasteiger partial charge in [0.15, 0.2) is 0 Å². The summed E-state index contributed by atoms with van der Waals surface area (Å²) in [5, 5.41) is 3.31. The van der Waals surface area contributed by atoms with E-state index in [-0.39, 0.29) is 6.04 Å². The maximum atomic E-state index is 5.40. The first-order valence-corrected chi connectivity index (χ1v) is 5.47. The molecule has 0 fully saturated rings. The summed E-state index contributed by atoms with van der Waals surface area (Å²) < 4.78 is 2.07. The molecule has 0 aliphatic heterocycles. The van der Waals surface area contributed by atoms with Gasteiger partial charge >= 0.3 is 0 Å². The van der Waals surface area contributed by atoms with Gasteiger partial charge in [-0.25, -0.2) is 4.98 Å². The number of anilines is 1. The van der Waals surface area contributed by atoms with Crippen molar-refractivity contribution in [1.82, 2.24) is 14.9 Å². The van der Waals surface area contributed by atoms with E-state index in [4.69, 9.17) is 6.42 Å². The predicted octanol–water partition coefficient (Wildman–Crippen LogP) is 0.987. The van der Waals surface area contributed by atoms with Gasteiger partial charge < -0.3 is 9.47 Å². The lowest BCUT2D eigenvalue weighted by atomic mass is 10.2. The molecule has 1 heterocycles. The Balaban J connectivity index is 2.65. The van der Waals surface area contributed by atoms with E-state index in [2.05, 4.69) is 27.7 Å². The van der Waals surface area contributed by atoms with Crippen LogP contribution in [0, 0.1) is 12.3 Å². The molecule has 0 saturated carbocycles. The van der Waals surface area contributed by atoms with Crippen LogP contribution >= 0.6 is 0 Å². The second kappa shape index (κ2) is 5.57. The molecular formula is C12H20N4. The van der Waals surface area contributed by atoms with Crippen LogP contribution in [0.15, 0.2) is 6.20 Å². The fraction of sp³-hybridized carbons (Fsp3) is 0.583. The highest BCUT2D eigenvalue weighted by molar-refractivity contribution is 5.30. The first-order valence-electron chi connectivity index (χ1n) is 5.47. The van der Waals surface area contributed by atoms with Crippen LogP contribution in [0.5, 0.6) is 0 Å². The van der Waals surface area contributed by atoms with Gasteiger partial charge in [-0.2, -0.15) is 0 Å². The molecule has 4 nitrogen and oxygen atoms in total. The molecule has 88 valence electrons. The fourth-order valence-corrected chi connectivity index (χ4v) is 1.56. The number of nitrogens with zero attached hydrogens (tertiary/aromatic N) is 3. The first-order chi connectivity index (χ1) is 7.60. The molecule has 0 saturated heterocycles. The molecule has 0 spiro atoms. The quantitative estimate of drug-likeness (QED) is 0.751. The molecule has 1 aromatic heterocycles. The smallest absolute Gasteiger partial charge is 0.204 e. The van der Waals surface area contributed by atoms with E-state index < -0.39 is 0 Å². The monoisotopic (exact) mass is 220 g/mol. The average Bonchev–Trinajstić information content (AvgIpc) is 2.62. The van der Waals surface area contributed by atoms with Crippen molar-refractivity contribution in [2.45, 2.75) is 25.9 Å². The van der Waals surface area contributed by atoms with E-state index in [1.807, 2.05) is 32.2 Å². The highest BCUT2D eigenvalue weighted by Gasteiger charge is 2.08. The van der Waals surface area contributed by atoms with E-state index in [9.17, 15) is 0 Å². The number of rotatable bonds is 5. The molecule has 1 aromatic rings. The van der Waals surface area contributed by atoms with Gasteiger partial charge in [0.05, 0.1) is 17.9 Å². The molecule has 0 aromatic carbocycles. The molecule has 0 bridgehead atoms. The molecule has 0 amide bonds. The Morgan fingerprint density at radius 3 is 2.75 bits per heavy atom. The Morgan fingerprint density at radius 1 is 1.62 bits per heavy atom. The van der Waals surface area contributed by atoms with Gasteiger partial charge in [0.2, 0.25) is 5.95 Å². The van der Waals surface area contributed by atoms with Gasteiger partial charge in [0, 0.05) is 27.7 Å². The van der Waals surface area contributed by atoms with E-state index in [0.29, 0.717) is 0 Å². The molecule has 1 N–H and O–H groups in total. The predicted molar refractivity (Wildman–Crippen MR) is 67.3 cm³/mol. The summed E-state index contributed by atoms with van der Waals surface area (Å²) >= 11 is 0. The van der Waals surface area contributed by atoms with Crippen molar-refractivity contribution in [2.75, 3.05) is 19.0 Å². The normalized spacial score (nSPS) is 12.2. The van der Waals surface area contributed by atoms with Crippen LogP contribution in [0.3, 0.4) is 0 Å². The van der Waals surface area contributed by atoms with Crippen molar-refractivity contribution < 1.29 is 0 Å². The third-order valence-electron chi connectivity index (χ3n) is 2.60. The van der Waals surface area contributed by atoms with Crippen LogP contribution in [0.2, 0.25) is 0 Å².